The minimum Gasteiger partial charge on any atom is -0.350 e. The fourth-order valence-electron chi connectivity index (χ4n) is 3.32. The largest absolute Gasteiger partial charge is 0.350 e. The Labute approximate surface area is 155 Å². The van der Waals surface area contributed by atoms with Gasteiger partial charge in [-0.2, -0.15) is 0 Å². The van der Waals surface area contributed by atoms with Gasteiger partial charge >= 0.3 is 0 Å². The molecule has 0 aromatic heterocycles. The Kier molecular flexibility index (Phi) is 6.19. The highest BCUT2D eigenvalue weighted by Crippen LogP contribution is 2.25. The van der Waals surface area contributed by atoms with Crippen molar-refractivity contribution in [2.45, 2.75) is 56.9 Å². The maximum Gasteiger partial charge on any atom is 0.221 e. The summed E-state index contributed by atoms with van der Waals surface area (Å²) in [7, 11) is 0. The average molecular weight is 354 g/mol. The van der Waals surface area contributed by atoms with E-state index in [-0.39, 0.29) is 11.9 Å². The van der Waals surface area contributed by atoms with Crippen molar-refractivity contribution in [3.8, 4) is 0 Å². The maximum absolute atomic E-state index is 12.2. The summed E-state index contributed by atoms with van der Waals surface area (Å²) in [6.07, 6.45) is 5.52. The number of carbonyl (C=O) groups is 1. The molecule has 0 radical (unpaired) electrons. The van der Waals surface area contributed by atoms with E-state index in [1.165, 1.54) is 52.8 Å². The Hall–Kier alpha value is -1.74. The van der Waals surface area contributed by atoms with E-state index in [0.717, 1.165) is 5.75 Å². The normalized spacial score (nSPS) is 14.6. The highest BCUT2D eigenvalue weighted by molar-refractivity contribution is 7.99. The van der Waals surface area contributed by atoms with Crippen LogP contribution in [-0.4, -0.2) is 11.7 Å². The van der Waals surface area contributed by atoms with Crippen molar-refractivity contribution in [2.24, 2.45) is 0 Å². The van der Waals surface area contributed by atoms with Gasteiger partial charge in [0, 0.05) is 17.1 Å². The van der Waals surface area contributed by atoms with E-state index in [4.69, 9.17) is 0 Å². The van der Waals surface area contributed by atoms with E-state index in [0.29, 0.717) is 6.42 Å². The molecule has 1 N–H and O–H groups in total. The van der Waals surface area contributed by atoms with Crippen LogP contribution in [0.15, 0.2) is 47.4 Å². The fraction of sp³-hybridized carbons (Fsp3) is 0.409. The van der Waals surface area contributed by atoms with Crippen LogP contribution in [0.5, 0.6) is 0 Å². The smallest absolute Gasteiger partial charge is 0.221 e. The van der Waals surface area contributed by atoms with E-state index in [1.54, 1.807) is 11.8 Å². The van der Waals surface area contributed by atoms with Gasteiger partial charge in [0.05, 0.1) is 6.04 Å². The summed E-state index contributed by atoms with van der Waals surface area (Å²) in [5, 5.41) is 3.15. The third-order valence-electron chi connectivity index (χ3n) is 4.87. The van der Waals surface area contributed by atoms with Crippen LogP contribution in [0, 0.1) is 6.92 Å². The van der Waals surface area contributed by atoms with E-state index in [1.807, 2.05) is 0 Å². The lowest BCUT2D eigenvalue weighted by atomic mass is 9.89. The summed E-state index contributed by atoms with van der Waals surface area (Å²) in [6.45, 7) is 4.17. The molecule has 132 valence electrons. The van der Waals surface area contributed by atoms with Crippen LogP contribution >= 0.6 is 11.8 Å². The molecule has 1 amide bonds. The van der Waals surface area contributed by atoms with Crippen molar-refractivity contribution in [1.82, 2.24) is 5.32 Å². The Balaban J connectivity index is 1.48. The first kappa shape index (κ1) is 18.1. The topological polar surface area (TPSA) is 29.1 Å². The minimum absolute atomic E-state index is 0.0732. The van der Waals surface area contributed by atoms with Crippen molar-refractivity contribution in [2.75, 3.05) is 5.75 Å². The van der Waals surface area contributed by atoms with E-state index in [9.17, 15) is 4.79 Å². The van der Waals surface area contributed by atoms with Gasteiger partial charge in [-0.15, -0.1) is 11.8 Å². The molecule has 0 aliphatic heterocycles. The van der Waals surface area contributed by atoms with Crippen LogP contribution < -0.4 is 5.32 Å². The van der Waals surface area contributed by atoms with Crippen LogP contribution in [0.1, 0.15) is 54.5 Å². The highest BCUT2D eigenvalue weighted by atomic mass is 32.2. The number of nitrogens with one attached hydrogen (secondary N) is 1. The van der Waals surface area contributed by atoms with E-state index < -0.39 is 0 Å². The number of hydrogen-bond donors (Lipinski definition) is 1. The van der Waals surface area contributed by atoms with Crippen molar-refractivity contribution < 1.29 is 4.79 Å². The van der Waals surface area contributed by atoms with Crippen LogP contribution in [0.25, 0.3) is 0 Å². The first-order valence-electron chi connectivity index (χ1n) is 9.22. The maximum atomic E-state index is 12.2. The summed E-state index contributed by atoms with van der Waals surface area (Å²) < 4.78 is 0. The molecule has 2 aromatic carbocycles. The molecule has 0 spiro atoms. The Morgan fingerprint density at radius 1 is 1.08 bits per heavy atom. The number of amides is 1. The molecule has 1 unspecified atom stereocenters. The van der Waals surface area contributed by atoms with Crippen LogP contribution in [0.2, 0.25) is 0 Å². The van der Waals surface area contributed by atoms with Crippen LogP contribution in [-0.2, 0) is 17.6 Å². The Morgan fingerprint density at radius 2 is 1.80 bits per heavy atom. The molecule has 0 saturated carbocycles. The van der Waals surface area contributed by atoms with Gasteiger partial charge in [-0.05, 0) is 68.4 Å². The lowest BCUT2D eigenvalue weighted by Crippen LogP contribution is -2.27. The number of carbonyl (C=O) groups excluding carboxylic acids is 1. The summed E-state index contributed by atoms with van der Waals surface area (Å²) in [4.78, 5) is 13.5. The minimum atomic E-state index is 0.0732. The molecule has 1 aliphatic rings. The molecule has 0 bridgehead atoms. The highest BCUT2D eigenvalue weighted by Gasteiger charge is 2.14. The third kappa shape index (κ3) is 5.12. The molecule has 0 saturated heterocycles. The van der Waals surface area contributed by atoms with Crippen molar-refractivity contribution in [3.05, 3.63) is 64.7 Å². The second-order valence-corrected chi connectivity index (χ2v) is 8.10. The summed E-state index contributed by atoms with van der Waals surface area (Å²) in [5.41, 5.74) is 5.45. The van der Waals surface area contributed by atoms with Gasteiger partial charge in [0.1, 0.15) is 0 Å². The van der Waals surface area contributed by atoms with Gasteiger partial charge in [-0.25, -0.2) is 0 Å². The molecular formula is C22H27NOS. The van der Waals surface area contributed by atoms with Crippen molar-refractivity contribution >= 4 is 17.7 Å². The zero-order chi connectivity index (χ0) is 17.6. The summed E-state index contributed by atoms with van der Waals surface area (Å²) in [6, 6.07) is 15.3. The number of fused-ring (bicyclic) bond motifs is 1. The fourth-order valence-corrected chi connectivity index (χ4v) is 4.17. The van der Waals surface area contributed by atoms with Gasteiger partial charge in [0.2, 0.25) is 5.91 Å². The van der Waals surface area contributed by atoms with Crippen molar-refractivity contribution in [3.63, 3.8) is 0 Å². The molecule has 25 heavy (non-hydrogen) atoms. The average Bonchev–Trinajstić information content (AvgIpc) is 2.63. The van der Waals surface area contributed by atoms with E-state index >= 15 is 0 Å². The molecule has 0 fully saturated rings. The Bertz CT molecular complexity index is 723. The molecule has 1 aliphatic carbocycles. The Morgan fingerprint density at radius 3 is 2.56 bits per heavy atom. The van der Waals surface area contributed by atoms with Gasteiger partial charge < -0.3 is 5.32 Å². The standard InChI is InChI=1S/C22H27NOS/c1-16-7-11-21(12-8-16)25-14-13-22(24)23-17(2)19-10-9-18-5-3-4-6-20(18)15-19/h7-12,15,17H,3-6,13-14H2,1-2H3,(H,23,24). The lowest BCUT2D eigenvalue weighted by molar-refractivity contribution is -0.121. The summed E-state index contributed by atoms with van der Waals surface area (Å²) >= 11 is 1.74. The zero-order valence-electron chi connectivity index (χ0n) is 15.2. The number of benzene rings is 2. The number of aryl methyl sites for hydroxylation is 3. The first-order chi connectivity index (χ1) is 12.1. The van der Waals surface area contributed by atoms with Gasteiger partial charge in [0.15, 0.2) is 0 Å². The SMILES string of the molecule is Cc1ccc(SCCC(=O)NC(C)c2ccc3c(c2)CCCC3)cc1. The monoisotopic (exact) mass is 353 g/mol. The number of hydrogen-bond acceptors (Lipinski definition) is 2. The van der Waals surface area contributed by atoms with E-state index in [2.05, 4.69) is 61.6 Å². The first-order valence-corrected chi connectivity index (χ1v) is 10.2. The third-order valence-corrected chi connectivity index (χ3v) is 5.88. The number of rotatable bonds is 6. The molecule has 3 heteroatoms. The molecule has 0 heterocycles. The number of thioether (sulfide) groups is 1. The molecular weight excluding hydrogens is 326 g/mol. The van der Waals surface area contributed by atoms with Crippen LogP contribution in [0.3, 0.4) is 0 Å². The second kappa shape index (κ2) is 8.57. The molecule has 3 rings (SSSR count). The lowest BCUT2D eigenvalue weighted by Gasteiger charge is -2.20. The van der Waals surface area contributed by atoms with Crippen molar-refractivity contribution in [1.29, 1.82) is 0 Å². The van der Waals surface area contributed by atoms with Gasteiger partial charge in [-0.3, -0.25) is 4.79 Å². The van der Waals surface area contributed by atoms with Gasteiger partial charge in [-0.1, -0.05) is 35.9 Å². The second-order valence-electron chi connectivity index (χ2n) is 6.94. The summed E-state index contributed by atoms with van der Waals surface area (Å²) in [5.74, 6) is 0.941. The van der Waals surface area contributed by atoms with Crippen LogP contribution in [0.4, 0.5) is 0 Å². The molecule has 2 aromatic rings. The molecule has 2 nitrogen and oxygen atoms in total. The predicted octanol–water partition coefficient (Wildman–Crippen LogP) is 5.23. The molecule has 1 atom stereocenters. The van der Waals surface area contributed by atoms with Gasteiger partial charge in [0.25, 0.3) is 0 Å². The predicted molar refractivity (Wildman–Crippen MR) is 106 cm³/mol. The zero-order valence-corrected chi connectivity index (χ0v) is 16.0. The quantitative estimate of drug-likeness (QED) is 0.720.